The van der Waals surface area contributed by atoms with Crippen LogP contribution in [0.1, 0.15) is 72.7 Å². The standard InChI is InChI=1S/C30H31N5O5/c36-26-2-1-13-34(26)16-20-4-3-19(29-32-33-30(40-29)21-15-27(37)35(17-21)23-9-10-23)14-25(20)39-24-11-5-18(6-12-24)28(38)31-22-7-8-22/h3-6,11-12,14,21-23H,1-2,7-10,13,15-17H2,(H,31,38). The average Bonchev–Trinajstić information content (AvgIpc) is 3.84. The minimum absolute atomic E-state index is 0.0827. The maximum absolute atomic E-state index is 12.4. The van der Waals surface area contributed by atoms with Gasteiger partial charge in [-0.05, 0) is 68.5 Å². The number of aromatic nitrogens is 2. The van der Waals surface area contributed by atoms with E-state index in [2.05, 4.69) is 15.5 Å². The molecule has 0 radical (unpaired) electrons. The Morgan fingerprint density at radius 1 is 1.02 bits per heavy atom. The van der Waals surface area contributed by atoms with E-state index in [9.17, 15) is 14.4 Å². The molecule has 1 aromatic heterocycles. The first kappa shape index (κ1) is 24.8. The molecule has 2 aliphatic carbocycles. The van der Waals surface area contributed by atoms with Gasteiger partial charge in [-0.15, -0.1) is 10.2 Å². The lowest BCUT2D eigenvalue weighted by Crippen LogP contribution is -2.27. The molecule has 1 N–H and O–H groups in total. The fraction of sp³-hybridized carbons (Fsp3) is 0.433. The van der Waals surface area contributed by atoms with Crippen molar-refractivity contribution in [3.05, 3.63) is 59.5 Å². The van der Waals surface area contributed by atoms with Gasteiger partial charge in [0, 0.05) is 61.2 Å². The average molecular weight is 542 g/mol. The van der Waals surface area contributed by atoms with E-state index < -0.39 is 0 Å². The summed E-state index contributed by atoms with van der Waals surface area (Å²) in [5, 5.41) is 11.6. The van der Waals surface area contributed by atoms with Crippen LogP contribution in [0.25, 0.3) is 11.5 Å². The summed E-state index contributed by atoms with van der Waals surface area (Å²) in [5.74, 6) is 2.08. The first-order valence-corrected chi connectivity index (χ1v) is 14.1. The van der Waals surface area contributed by atoms with Crippen LogP contribution in [0.15, 0.2) is 46.9 Å². The van der Waals surface area contributed by atoms with E-state index in [-0.39, 0.29) is 23.6 Å². The van der Waals surface area contributed by atoms with Crippen molar-refractivity contribution >= 4 is 17.7 Å². The number of amides is 3. The third kappa shape index (κ3) is 5.17. The number of ether oxygens (including phenoxy) is 1. The number of nitrogens with one attached hydrogen (secondary N) is 1. The van der Waals surface area contributed by atoms with E-state index in [0.717, 1.165) is 44.2 Å². The summed E-state index contributed by atoms with van der Waals surface area (Å²) in [6.45, 7) is 1.78. The topological polar surface area (TPSA) is 118 Å². The van der Waals surface area contributed by atoms with Gasteiger partial charge in [0.2, 0.25) is 23.6 Å². The Morgan fingerprint density at radius 3 is 2.58 bits per heavy atom. The van der Waals surface area contributed by atoms with E-state index in [1.54, 1.807) is 24.3 Å². The SMILES string of the molecule is O=C(NC1CC1)c1ccc(Oc2cc(-c3nnc(C4CC(=O)N(C5CC5)C4)o3)ccc2CN2CCCC2=O)cc1. The molecule has 2 aliphatic heterocycles. The number of hydrogen-bond acceptors (Lipinski definition) is 7. The zero-order valence-electron chi connectivity index (χ0n) is 22.2. The maximum atomic E-state index is 12.4. The van der Waals surface area contributed by atoms with E-state index >= 15 is 0 Å². The number of hydrogen-bond donors (Lipinski definition) is 1. The van der Waals surface area contributed by atoms with Crippen LogP contribution >= 0.6 is 0 Å². The van der Waals surface area contributed by atoms with Crippen molar-refractivity contribution in [2.24, 2.45) is 0 Å². The summed E-state index contributed by atoms with van der Waals surface area (Å²) in [4.78, 5) is 40.9. The van der Waals surface area contributed by atoms with Crippen LogP contribution < -0.4 is 10.1 Å². The van der Waals surface area contributed by atoms with Gasteiger partial charge in [-0.3, -0.25) is 14.4 Å². The Labute approximate surface area is 231 Å². The first-order valence-electron chi connectivity index (χ1n) is 14.1. The number of benzene rings is 2. The number of carbonyl (C=O) groups excluding carboxylic acids is 3. The summed E-state index contributed by atoms with van der Waals surface area (Å²) >= 11 is 0. The molecule has 7 rings (SSSR count). The highest BCUT2D eigenvalue weighted by Crippen LogP contribution is 2.37. The molecule has 2 saturated carbocycles. The maximum Gasteiger partial charge on any atom is 0.251 e. The molecule has 40 heavy (non-hydrogen) atoms. The van der Waals surface area contributed by atoms with E-state index in [1.807, 2.05) is 28.0 Å². The molecule has 3 aromatic rings. The number of likely N-dealkylation sites (tertiary alicyclic amines) is 2. The van der Waals surface area contributed by atoms with Gasteiger partial charge in [0.05, 0.1) is 5.92 Å². The molecule has 206 valence electrons. The second kappa shape index (κ2) is 10.1. The van der Waals surface area contributed by atoms with Crippen LogP contribution in [0, 0.1) is 0 Å². The van der Waals surface area contributed by atoms with Crippen molar-refractivity contribution in [3.63, 3.8) is 0 Å². The van der Waals surface area contributed by atoms with Gasteiger partial charge in [0.25, 0.3) is 5.91 Å². The third-order valence-electron chi connectivity index (χ3n) is 8.04. The van der Waals surface area contributed by atoms with Gasteiger partial charge in [-0.25, -0.2) is 0 Å². The number of nitrogens with zero attached hydrogens (tertiary/aromatic N) is 4. The van der Waals surface area contributed by atoms with Crippen molar-refractivity contribution in [2.75, 3.05) is 13.1 Å². The van der Waals surface area contributed by atoms with Gasteiger partial charge in [-0.2, -0.15) is 0 Å². The predicted molar refractivity (Wildman–Crippen MR) is 143 cm³/mol. The molecule has 0 bridgehead atoms. The monoisotopic (exact) mass is 541 g/mol. The quantitative estimate of drug-likeness (QED) is 0.435. The summed E-state index contributed by atoms with van der Waals surface area (Å²) in [6.07, 6.45) is 6.01. The van der Waals surface area contributed by atoms with Crippen molar-refractivity contribution in [3.8, 4) is 23.0 Å². The molecule has 2 aromatic carbocycles. The van der Waals surface area contributed by atoms with Crippen molar-refractivity contribution in [1.29, 1.82) is 0 Å². The first-order chi connectivity index (χ1) is 19.5. The molecule has 10 nitrogen and oxygen atoms in total. The summed E-state index contributed by atoms with van der Waals surface area (Å²) in [7, 11) is 0. The normalized spacial score (nSPS) is 20.9. The lowest BCUT2D eigenvalue weighted by molar-refractivity contribution is -0.129. The second-order valence-corrected chi connectivity index (χ2v) is 11.2. The molecule has 10 heteroatoms. The Balaban J connectivity index is 1.13. The molecule has 4 aliphatic rings. The van der Waals surface area contributed by atoms with Crippen LogP contribution in [-0.4, -0.2) is 62.9 Å². The number of carbonyl (C=O) groups is 3. The number of rotatable bonds is 9. The second-order valence-electron chi connectivity index (χ2n) is 11.2. The van der Waals surface area contributed by atoms with Crippen molar-refractivity contribution in [2.45, 2.75) is 69.5 Å². The van der Waals surface area contributed by atoms with Gasteiger partial charge < -0.3 is 24.3 Å². The molecule has 1 unspecified atom stereocenters. The molecule has 2 saturated heterocycles. The lowest BCUT2D eigenvalue weighted by Gasteiger charge is -2.19. The Bertz CT molecular complexity index is 1460. The van der Waals surface area contributed by atoms with Crippen LogP contribution in [0.3, 0.4) is 0 Å². The molecular weight excluding hydrogens is 510 g/mol. The molecule has 0 spiro atoms. The lowest BCUT2D eigenvalue weighted by atomic mass is 10.1. The Kier molecular flexibility index (Phi) is 6.25. The van der Waals surface area contributed by atoms with Crippen LogP contribution in [0.5, 0.6) is 11.5 Å². The van der Waals surface area contributed by atoms with Crippen LogP contribution in [0.2, 0.25) is 0 Å². The van der Waals surface area contributed by atoms with Gasteiger partial charge >= 0.3 is 0 Å². The third-order valence-corrected chi connectivity index (χ3v) is 8.04. The molecule has 1 atom stereocenters. The largest absolute Gasteiger partial charge is 0.457 e. The zero-order valence-corrected chi connectivity index (χ0v) is 22.2. The fourth-order valence-corrected chi connectivity index (χ4v) is 5.44. The van der Waals surface area contributed by atoms with Crippen molar-refractivity contribution < 1.29 is 23.5 Å². The van der Waals surface area contributed by atoms with Crippen LogP contribution in [-0.2, 0) is 16.1 Å². The van der Waals surface area contributed by atoms with E-state index in [4.69, 9.17) is 9.15 Å². The summed E-state index contributed by atoms with van der Waals surface area (Å²) in [6, 6.07) is 13.4. The van der Waals surface area contributed by atoms with Gasteiger partial charge in [0.15, 0.2) is 0 Å². The van der Waals surface area contributed by atoms with E-state index in [1.165, 1.54) is 0 Å². The van der Waals surface area contributed by atoms with Crippen LogP contribution in [0.4, 0.5) is 0 Å². The smallest absolute Gasteiger partial charge is 0.251 e. The van der Waals surface area contributed by atoms with E-state index in [0.29, 0.717) is 72.4 Å². The Hall–Kier alpha value is -4.21. The minimum atomic E-state index is -0.0962. The minimum Gasteiger partial charge on any atom is -0.457 e. The zero-order chi connectivity index (χ0) is 27.2. The van der Waals surface area contributed by atoms with Gasteiger partial charge in [0.1, 0.15) is 11.5 Å². The highest BCUT2D eigenvalue weighted by Gasteiger charge is 2.41. The molecule has 4 fully saturated rings. The summed E-state index contributed by atoms with van der Waals surface area (Å²) < 4.78 is 12.4. The molecule has 3 amide bonds. The summed E-state index contributed by atoms with van der Waals surface area (Å²) in [5.41, 5.74) is 2.13. The van der Waals surface area contributed by atoms with Gasteiger partial charge in [-0.1, -0.05) is 6.07 Å². The molecular formula is C30H31N5O5. The predicted octanol–water partition coefficient (Wildman–Crippen LogP) is 4.02. The highest BCUT2D eigenvalue weighted by atomic mass is 16.5. The fourth-order valence-electron chi connectivity index (χ4n) is 5.44. The highest BCUT2D eigenvalue weighted by molar-refractivity contribution is 5.94. The van der Waals surface area contributed by atoms with Crippen molar-refractivity contribution in [1.82, 2.24) is 25.3 Å². The Morgan fingerprint density at radius 2 is 1.85 bits per heavy atom. The molecule has 3 heterocycles.